The molecule has 0 unspecified atom stereocenters. The van der Waals surface area contributed by atoms with Crippen LogP contribution in [0.5, 0.6) is 0 Å². The molecule has 0 atom stereocenters. The molecule has 76 valence electrons. The van der Waals surface area contributed by atoms with Crippen molar-refractivity contribution in [2.45, 2.75) is 0 Å². The van der Waals surface area contributed by atoms with Crippen LogP contribution in [0, 0.1) is 0 Å². The van der Waals surface area contributed by atoms with E-state index in [1.807, 2.05) is 0 Å². The highest BCUT2D eigenvalue weighted by Crippen LogP contribution is 2.24. The zero-order valence-corrected chi connectivity index (χ0v) is 9.73. The standard InChI is InChI=1S/C10H5Cl2NOS/c11-6-1-2-8(12)7(3-6)10(14)9-4-13-5-15-9/h1-5H. The predicted octanol–water partition coefficient (Wildman–Crippen LogP) is 3.68. The van der Waals surface area contributed by atoms with Gasteiger partial charge in [0.15, 0.2) is 0 Å². The van der Waals surface area contributed by atoms with Crippen molar-refractivity contribution in [3.8, 4) is 0 Å². The summed E-state index contributed by atoms with van der Waals surface area (Å²) in [6.07, 6.45) is 1.52. The maximum atomic E-state index is 11.9. The summed E-state index contributed by atoms with van der Waals surface area (Å²) in [5.41, 5.74) is 2.01. The molecule has 0 aliphatic rings. The van der Waals surface area contributed by atoms with Gasteiger partial charge >= 0.3 is 0 Å². The topological polar surface area (TPSA) is 30.0 Å². The van der Waals surface area contributed by atoms with E-state index in [4.69, 9.17) is 23.2 Å². The van der Waals surface area contributed by atoms with Crippen LogP contribution in [0.25, 0.3) is 0 Å². The maximum Gasteiger partial charge on any atom is 0.206 e. The van der Waals surface area contributed by atoms with Crippen molar-refractivity contribution in [2.24, 2.45) is 0 Å². The lowest BCUT2D eigenvalue weighted by atomic mass is 10.1. The molecular formula is C10H5Cl2NOS. The van der Waals surface area contributed by atoms with Crippen molar-refractivity contribution in [3.05, 3.63) is 50.4 Å². The molecule has 0 spiro atoms. The molecule has 0 aliphatic carbocycles. The molecule has 0 amide bonds. The van der Waals surface area contributed by atoms with Gasteiger partial charge in [-0.1, -0.05) is 23.2 Å². The van der Waals surface area contributed by atoms with E-state index in [-0.39, 0.29) is 5.78 Å². The smallest absolute Gasteiger partial charge is 0.206 e. The van der Waals surface area contributed by atoms with Gasteiger partial charge in [0.2, 0.25) is 5.78 Å². The zero-order valence-electron chi connectivity index (χ0n) is 7.41. The van der Waals surface area contributed by atoms with E-state index in [9.17, 15) is 4.79 Å². The fourth-order valence-electron chi connectivity index (χ4n) is 1.13. The third kappa shape index (κ3) is 2.20. The Morgan fingerprint density at radius 3 is 2.80 bits per heavy atom. The minimum atomic E-state index is -0.148. The molecule has 0 bridgehead atoms. The minimum absolute atomic E-state index is 0.148. The van der Waals surface area contributed by atoms with Gasteiger partial charge in [0.1, 0.15) is 0 Å². The lowest BCUT2D eigenvalue weighted by Gasteiger charge is -2.01. The zero-order chi connectivity index (χ0) is 10.8. The second-order valence-corrected chi connectivity index (χ2v) is 4.55. The molecule has 0 saturated heterocycles. The Balaban J connectivity index is 2.46. The summed E-state index contributed by atoms with van der Waals surface area (Å²) in [6.45, 7) is 0. The molecule has 15 heavy (non-hydrogen) atoms. The molecule has 1 heterocycles. The SMILES string of the molecule is O=C(c1cncs1)c1cc(Cl)ccc1Cl. The first kappa shape index (κ1) is 10.6. The van der Waals surface area contributed by atoms with Gasteiger partial charge in [-0.2, -0.15) is 0 Å². The van der Waals surface area contributed by atoms with Crippen molar-refractivity contribution in [1.82, 2.24) is 4.98 Å². The van der Waals surface area contributed by atoms with Gasteiger partial charge in [-0.3, -0.25) is 9.78 Å². The minimum Gasteiger partial charge on any atom is -0.288 e. The first-order valence-corrected chi connectivity index (χ1v) is 5.70. The predicted molar refractivity (Wildman–Crippen MR) is 62.0 cm³/mol. The number of ketones is 1. The van der Waals surface area contributed by atoms with E-state index in [0.717, 1.165) is 0 Å². The number of thiazole rings is 1. The van der Waals surface area contributed by atoms with E-state index >= 15 is 0 Å². The monoisotopic (exact) mass is 257 g/mol. The van der Waals surface area contributed by atoms with Crippen molar-refractivity contribution >= 4 is 40.3 Å². The summed E-state index contributed by atoms with van der Waals surface area (Å²) < 4.78 is 0. The molecule has 1 aromatic carbocycles. The fraction of sp³-hybridized carbons (Fsp3) is 0. The van der Waals surface area contributed by atoms with Crippen molar-refractivity contribution in [1.29, 1.82) is 0 Å². The number of nitrogens with zero attached hydrogens (tertiary/aromatic N) is 1. The largest absolute Gasteiger partial charge is 0.288 e. The van der Waals surface area contributed by atoms with E-state index in [0.29, 0.717) is 20.5 Å². The van der Waals surface area contributed by atoms with Gasteiger partial charge < -0.3 is 0 Å². The Morgan fingerprint density at radius 2 is 2.13 bits per heavy atom. The lowest BCUT2D eigenvalue weighted by Crippen LogP contribution is -1.99. The van der Waals surface area contributed by atoms with Gasteiger partial charge in [-0.15, -0.1) is 11.3 Å². The first-order chi connectivity index (χ1) is 7.18. The van der Waals surface area contributed by atoms with Crippen LogP contribution < -0.4 is 0 Å². The summed E-state index contributed by atoms with van der Waals surface area (Å²) in [6, 6.07) is 4.82. The molecule has 1 aromatic heterocycles. The molecule has 0 fully saturated rings. The molecule has 2 nitrogen and oxygen atoms in total. The van der Waals surface area contributed by atoms with Gasteiger partial charge in [0.25, 0.3) is 0 Å². The Kier molecular flexibility index (Phi) is 3.05. The van der Waals surface area contributed by atoms with Gasteiger partial charge in [-0.25, -0.2) is 0 Å². The maximum absolute atomic E-state index is 11.9. The van der Waals surface area contributed by atoms with Crippen LogP contribution in [0.15, 0.2) is 29.9 Å². The Morgan fingerprint density at radius 1 is 1.33 bits per heavy atom. The lowest BCUT2D eigenvalue weighted by molar-refractivity contribution is 0.104. The molecule has 2 rings (SSSR count). The van der Waals surface area contributed by atoms with E-state index in [1.54, 1.807) is 23.7 Å². The van der Waals surface area contributed by atoms with Gasteiger partial charge in [0, 0.05) is 16.8 Å². The summed E-state index contributed by atoms with van der Waals surface area (Å²) in [5.74, 6) is -0.148. The second-order valence-electron chi connectivity index (χ2n) is 2.82. The highest BCUT2D eigenvalue weighted by Gasteiger charge is 2.14. The number of halogens is 2. The van der Waals surface area contributed by atoms with Gasteiger partial charge in [-0.05, 0) is 18.2 Å². The summed E-state index contributed by atoms with van der Waals surface area (Å²) >= 11 is 13.0. The highest BCUT2D eigenvalue weighted by molar-refractivity contribution is 7.12. The summed E-state index contributed by atoms with van der Waals surface area (Å²) in [5, 5.41) is 0.894. The Labute approximate surface area is 100 Å². The van der Waals surface area contributed by atoms with Crippen molar-refractivity contribution in [3.63, 3.8) is 0 Å². The molecule has 0 aliphatic heterocycles. The Bertz CT molecular complexity index is 496. The molecule has 5 heteroatoms. The number of hydrogen-bond donors (Lipinski definition) is 0. The van der Waals surface area contributed by atoms with Crippen molar-refractivity contribution < 1.29 is 4.79 Å². The van der Waals surface area contributed by atoms with E-state index in [2.05, 4.69) is 4.98 Å². The summed E-state index contributed by atoms with van der Waals surface area (Å²) in [4.78, 5) is 16.3. The number of aromatic nitrogens is 1. The molecule has 0 radical (unpaired) electrons. The number of hydrogen-bond acceptors (Lipinski definition) is 3. The van der Waals surface area contributed by atoms with Crippen LogP contribution in [0.2, 0.25) is 10.0 Å². The molecule has 2 aromatic rings. The van der Waals surface area contributed by atoms with Crippen LogP contribution in [0.3, 0.4) is 0 Å². The number of benzene rings is 1. The average Bonchev–Trinajstić information content (AvgIpc) is 2.74. The van der Waals surface area contributed by atoms with Crippen LogP contribution in [-0.2, 0) is 0 Å². The van der Waals surface area contributed by atoms with E-state index in [1.165, 1.54) is 17.5 Å². The third-order valence-corrected chi connectivity index (χ3v) is 3.17. The Hall–Kier alpha value is -0.900. The van der Waals surface area contributed by atoms with Gasteiger partial charge in [0.05, 0.1) is 15.4 Å². The first-order valence-electron chi connectivity index (χ1n) is 4.07. The molecule has 0 N–H and O–H groups in total. The van der Waals surface area contributed by atoms with Crippen LogP contribution in [0.4, 0.5) is 0 Å². The highest BCUT2D eigenvalue weighted by atomic mass is 35.5. The normalized spacial score (nSPS) is 10.3. The van der Waals surface area contributed by atoms with Crippen LogP contribution >= 0.6 is 34.5 Å². The molecule has 0 saturated carbocycles. The quantitative estimate of drug-likeness (QED) is 0.769. The third-order valence-electron chi connectivity index (χ3n) is 1.83. The van der Waals surface area contributed by atoms with Crippen LogP contribution in [0.1, 0.15) is 15.2 Å². The van der Waals surface area contributed by atoms with E-state index < -0.39 is 0 Å². The summed E-state index contributed by atoms with van der Waals surface area (Å²) in [7, 11) is 0. The molecular weight excluding hydrogens is 253 g/mol. The number of carbonyl (C=O) groups excluding carboxylic acids is 1. The number of rotatable bonds is 2. The van der Waals surface area contributed by atoms with Crippen molar-refractivity contribution in [2.75, 3.05) is 0 Å². The van der Waals surface area contributed by atoms with Crippen LogP contribution in [-0.4, -0.2) is 10.8 Å². The fourth-order valence-corrected chi connectivity index (χ4v) is 2.08. The number of carbonyl (C=O) groups is 1. The second kappa shape index (κ2) is 4.31. The average molecular weight is 258 g/mol.